The van der Waals surface area contributed by atoms with E-state index in [0.717, 1.165) is 11.3 Å². The molecule has 0 aromatic heterocycles. The van der Waals surface area contributed by atoms with Gasteiger partial charge in [-0.25, -0.2) is 4.79 Å². The molecule has 0 spiro atoms. The van der Waals surface area contributed by atoms with Crippen LogP contribution in [0.3, 0.4) is 0 Å². The molecular formula is C11H16N2O2. The van der Waals surface area contributed by atoms with Crippen LogP contribution < -0.4 is 5.32 Å². The van der Waals surface area contributed by atoms with Crippen LogP contribution >= 0.6 is 0 Å². The SMILES string of the molecule is CN(C)C(=O)Nc1ccc(CCO)cc1. The van der Waals surface area contributed by atoms with Crippen molar-refractivity contribution >= 4 is 11.7 Å². The van der Waals surface area contributed by atoms with Gasteiger partial charge in [0, 0.05) is 26.4 Å². The zero-order chi connectivity index (χ0) is 11.3. The highest BCUT2D eigenvalue weighted by atomic mass is 16.3. The summed E-state index contributed by atoms with van der Waals surface area (Å²) >= 11 is 0. The van der Waals surface area contributed by atoms with E-state index in [2.05, 4.69) is 5.32 Å². The Kier molecular flexibility index (Phi) is 4.12. The Balaban J connectivity index is 2.60. The van der Waals surface area contributed by atoms with E-state index in [9.17, 15) is 4.79 Å². The van der Waals surface area contributed by atoms with Crippen LogP contribution in [0.1, 0.15) is 5.56 Å². The normalized spacial score (nSPS) is 9.80. The zero-order valence-corrected chi connectivity index (χ0v) is 9.03. The van der Waals surface area contributed by atoms with E-state index in [1.807, 2.05) is 24.3 Å². The Morgan fingerprint density at radius 2 is 1.93 bits per heavy atom. The van der Waals surface area contributed by atoms with Gasteiger partial charge in [-0.3, -0.25) is 0 Å². The van der Waals surface area contributed by atoms with Crippen molar-refractivity contribution in [2.24, 2.45) is 0 Å². The zero-order valence-electron chi connectivity index (χ0n) is 9.03. The van der Waals surface area contributed by atoms with Gasteiger partial charge in [0.1, 0.15) is 0 Å². The van der Waals surface area contributed by atoms with Crippen molar-refractivity contribution in [2.75, 3.05) is 26.0 Å². The van der Waals surface area contributed by atoms with E-state index in [1.165, 1.54) is 4.90 Å². The number of aliphatic hydroxyl groups is 1. The molecule has 82 valence electrons. The second kappa shape index (κ2) is 5.36. The largest absolute Gasteiger partial charge is 0.396 e. The maximum Gasteiger partial charge on any atom is 0.321 e. The lowest BCUT2D eigenvalue weighted by atomic mass is 10.1. The number of hydrogen-bond donors (Lipinski definition) is 2. The third-order valence-corrected chi connectivity index (χ3v) is 2.01. The summed E-state index contributed by atoms with van der Waals surface area (Å²) in [5, 5.41) is 11.5. The molecule has 1 rings (SSSR count). The fraction of sp³-hybridized carbons (Fsp3) is 0.364. The smallest absolute Gasteiger partial charge is 0.321 e. The molecule has 0 fully saturated rings. The van der Waals surface area contributed by atoms with Crippen molar-refractivity contribution < 1.29 is 9.90 Å². The molecule has 0 aliphatic heterocycles. The highest BCUT2D eigenvalue weighted by Gasteiger charge is 2.02. The Hall–Kier alpha value is -1.55. The predicted molar refractivity (Wildman–Crippen MR) is 59.9 cm³/mol. The minimum absolute atomic E-state index is 0.142. The van der Waals surface area contributed by atoms with E-state index >= 15 is 0 Å². The van der Waals surface area contributed by atoms with Gasteiger partial charge in [-0.1, -0.05) is 12.1 Å². The first-order valence-electron chi connectivity index (χ1n) is 4.81. The summed E-state index contributed by atoms with van der Waals surface area (Å²) in [6.45, 7) is 0.142. The Labute approximate surface area is 89.5 Å². The molecule has 2 N–H and O–H groups in total. The van der Waals surface area contributed by atoms with Gasteiger partial charge in [0.05, 0.1) is 0 Å². The van der Waals surface area contributed by atoms with Gasteiger partial charge in [-0.2, -0.15) is 0 Å². The molecule has 0 aliphatic rings. The number of nitrogens with zero attached hydrogens (tertiary/aromatic N) is 1. The average Bonchev–Trinajstić information content (AvgIpc) is 2.21. The predicted octanol–water partition coefficient (Wildman–Crippen LogP) is 1.31. The topological polar surface area (TPSA) is 52.6 Å². The summed E-state index contributed by atoms with van der Waals surface area (Å²) in [4.78, 5) is 12.8. The van der Waals surface area contributed by atoms with Crippen molar-refractivity contribution in [3.8, 4) is 0 Å². The number of aliphatic hydroxyl groups excluding tert-OH is 1. The second-order valence-corrected chi connectivity index (χ2v) is 3.50. The number of rotatable bonds is 3. The second-order valence-electron chi connectivity index (χ2n) is 3.50. The molecule has 0 bridgehead atoms. The van der Waals surface area contributed by atoms with Crippen molar-refractivity contribution in [3.05, 3.63) is 29.8 Å². The third-order valence-electron chi connectivity index (χ3n) is 2.01. The average molecular weight is 208 g/mol. The summed E-state index contributed by atoms with van der Waals surface area (Å²) in [7, 11) is 3.38. The number of amides is 2. The Morgan fingerprint density at radius 3 is 2.40 bits per heavy atom. The number of anilines is 1. The van der Waals surface area contributed by atoms with Gasteiger partial charge in [0.2, 0.25) is 0 Å². The first-order chi connectivity index (χ1) is 7.13. The van der Waals surface area contributed by atoms with Crippen molar-refractivity contribution in [1.29, 1.82) is 0 Å². The monoisotopic (exact) mass is 208 g/mol. The summed E-state index contributed by atoms with van der Waals surface area (Å²) in [6.07, 6.45) is 0.641. The number of hydrogen-bond acceptors (Lipinski definition) is 2. The van der Waals surface area contributed by atoms with E-state index in [0.29, 0.717) is 6.42 Å². The maximum absolute atomic E-state index is 11.3. The quantitative estimate of drug-likeness (QED) is 0.787. The first-order valence-corrected chi connectivity index (χ1v) is 4.81. The van der Waals surface area contributed by atoms with Crippen LogP contribution in [0.5, 0.6) is 0 Å². The minimum Gasteiger partial charge on any atom is -0.396 e. The molecule has 15 heavy (non-hydrogen) atoms. The molecule has 2 amide bonds. The number of carbonyl (C=O) groups excluding carboxylic acids is 1. The van der Waals surface area contributed by atoms with Crippen LogP contribution in [-0.2, 0) is 6.42 Å². The lowest BCUT2D eigenvalue weighted by molar-refractivity contribution is 0.230. The molecule has 0 aliphatic carbocycles. The Bertz CT molecular complexity index is 320. The third kappa shape index (κ3) is 3.59. The minimum atomic E-state index is -0.148. The van der Waals surface area contributed by atoms with E-state index in [-0.39, 0.29) is 12.6 Å². The lowest BCUT2D eigenvalue weighted by Gasteiger charge is -2.12. The molecule has 0 radical (unpaired) electrons. The molecule has 0 heterocycles. The van der Waals surface area contributed by atoms with Crippen LogP contribution in [0.15, 0.2) is 24.3 Å². The Morgan fingerprint density at radius 1 is 1.33 bits per heavy atom. The van der Waals surface area contributed by atoms with E-state index in [1.54, 1.807) is 14.1 Å². The molecule has 1 aromatic carbocycles. The highest BCUT2D eigenvalue weighted by molar-refractivity contribution is 5.88. The molecule has 0 saturated carbocycles. The van der Waals surface area contributed by atoms with Gasteiger partial charge in [-0.15, -0.1) is 0 Å². The molecule has 1 aromatic rings. The van der Waals surface area contributed by atoms with Gasteiger partial charge in [0.15, 0.2) is 0 Å². The fourth-order valence-corrected chi connectivity index (χ4v) is 1.12. The number of nitrogens with one attached hydrogen (secondary N) is 1. The van der Waals surface area contributed by atoms with E-state index in [4.69, 9.17) is 5.11 Å². The molecule has 4 heteroatoms. The number of benzene rings is 1. The molecule has 0 saturated heterocycles. The molecular weight excluding hydrogens is 192 g/mol. The summed E-state index contributed by atoms with van der Waals surface area (Å²) in [5.41, 5.74) is 1.82. The van der Waals surface area contributed by atoms with Gasteiger partial charge >= 0.3 is 6.03 Å². The van der Waals surface area contributed by atoms with Crippen LogP contribution in [-0.4, -0.2) is 36.7 Å². The number of carbonyl (C=O) groups is 1. The lowest BCUT2D eigenvalue weighted by Crippen LogP contribution is -2.27. The number of urea groups is 1. The van der Waals surface area contributed by atoms with Gasteiger partial charge in [0.25, 0.3) is 0 Å². The van der Waals surface area contributed by atoms with E-state index < -0.39 is 0 Å². The standard InChI is InChI=1S/C11H16N2O2/c1-13(2)11(15)12-10-5-3-9(4-6-10)7-8-14/h3-6,14H,7-8H2,1-2H3,(H,12,15). The molecule has 0 unspecified atom stereocenters. The van der Waals surface area contributed by atoms with Gasteiger partial charge in [-0.05, 0) is 24.1 Å². The summed E-state index contributed by atoms with van der Waals surface area (Å²) < 4.78 is 0. The first kappa shape index (κ1) is 11.5. The van der Waals surface area contributed by atoms with Crippen molar-refractivity contribution in [2.45, 2.75) is 6.42 Å². The summed E-state index contributed by atoms with van der Waals surface area (Å²) in [6, 6.07) is 7.28. The molecule has 0 atom stereocenters. The molecule has 4 nitrogen and oxygen atoms in total. The highest BCUT2D eigenvalue weighted by Crippen LogP contribution is 2.10. The van der Waals surface area contributed by atoms with Crippen LogP contribution in [0, 0.1) is 0 Å². The fourth-order valence-electron chi connectivity index (χ4n) is 1.12. The van der Waals surface area contributed by atoms with Gasteiger partial charge < -0.3 is 15.3 Å². The van der Waals surface area contributed by atoms with Crippen molar-refractivity contribution in [3.63, 3.8) is 0 Å². The maximum atomic E-state index is 11.3. The van der Waals surface area contributed by atoms with Crippen LogP contribution in [0.4, 0.5) is 10.5 Å². The summed E-state index contributed by atoms with van der Waals surface area (Å²) in [5.74, 6) is 0. The van der Waals surface area contributed by atoms with Crippen LogP contribution in [0.25, 0.3) is 0 Å². The van der Waals surface area contributed by atoms with Crippen LogP contribution in [0.2, 0.25) is 0 Å². The van der Waals surface area contributed by atoms with Crippen molar-refractivity contribution in [1.82, 2.24) is 4.90 Å².